The summed E-state index contributed by atoms with van der Waals surface area (Å²) in [6.45, 7) is 8.27. The van der Waals surface area contributed by atoms with Crippen molar-refractivity contribution in [3.05, 3.63) is 34.4 Å². The number of phenolic OH excluding ortho intramolecular Hbond substituents is 2. The van der Waals surface area contributed by atoms with Crippen LogP contribution in [-0.4, -0.2) is 21.9 Å². The Hall–Kier alpha value is -1.48. The summed E-state index contributed by atoms with van der Waals surface area (Å²) in [6, 6.07) is 2.01. The van der Waals surface area contributed by atoms with Crippen molar-refractivity contribution in [2.75, 3.05) is 6.61 Å². The van der Waals surface area contributed by atoms with Gasteiger partial charge in [-0.15, -0.1) is 0 Å². The van der Waals surface area contributed by atoms with Gasteiger partial charge >= 0.3 is 0 Å². The molecule has 1 aromatic carbocycles. The lowest BCUT2D eigenvalue weighted by atomic mass is 9.70. The average molecular weight is 318 g/mol. The zero-order valence-corrected chi connectivity index (χ0v) is 14.8. The van der Waals surface area contributed by atoms with E-state index in [0.29, 0.717) is 5.56 Å². The molecule has 0 heterocycles. The quantitative estimate of drug-likeness (QED) is 0.543. The van der Waals surface area contributed by atoms with E-state index in [4.69, 9.17) is 0 Å². The van der Waals surface area contributed by atoms with Crippen LogP contribution in [0.15, 0.2) is 17.7 Å². The molecule has 0 radical (unpaired) electrons. The number of aliphatic hydroxyl groups excluding tert-OH is 1. The Kier molecular flexibility index (Phi) is 5.74. The van der Waals surface area contributed by atoms with Gasteiger partial charge < -0.3 is 15.3 Å². The zero-order valence-electron chi connectivity index (χ0n) is 14.8. The summed E-state index contributed by atoms with van der Waals surface area (Å²) in [6.07, 6.45) is 6.14. The SMILES string of the molecule is CC(C)=CCCC(CO)[C@@H]1CCC(C)c2c1cc(C)c(O)c2O. The van der Waals surface area contributed by atoms with Crippen molar-refractivity contribution in [3.63, 3.8) is 0 Å². The lowest BCUT2D eigenvalue weighted by Gasteiger charge is -2.35. The van der Waals surface area contributed by atoms with Crippen molar-refractivity contribution >= 4 is 0 Å². The topological polar surface area (TPSA) is 60.7 Å². The number of phenols is 2. The molecule has 0 bridgehead atoms. The van der Waals surface area contributed by atoms with Crippen molar-refractivity contribution < 1.29 is 15.3 Å². The fraction of sp³-hybridized carbons (Fsp3) is 0.600. The minimum absolute atomic E-state index is 0.00124. The Morgan fingerprint density at radius 1 is 1.26 bits per heavy atom. The Bertz CT molecular complexity index is 585. The van der Waals surface area contributed by atoms with Crippen molar-refractivity contribution in [3.8, 4) is 11.5 Å². The fourth-order valence-electron chi connectivity index (χ4n) is 3.88. The molecule has 3 heteroatoms. The van der Waals surface area contributed by atoms with Gasteiger partial charge in [-0.05, 0) is 75.3 Å². The van der Waals surface area contributed by atoms with Crippen molar-refractivity contribution in [1.82, 2.24) is 0 Å². The van der Waals surface area contributed by atoms with Crippen LogP contribution in [0.3, 0.4) is 0 Å². The van der Waals surface area contributed by atoms with Gasteiger partial charge in [0.05, 0.1) is 0 Å². The standard InChI is InChI=1S/C20H30O3/c1-12(2)6-5-7-15(11-21)16-9-8-13(3)18-17(16)10-14(4)19(22)20(18)23/h6,10,13,15-16,21-23H,5,7-9,11H2,1-4H3/t13?,15?,16-/m0/s1. The Morgan fingerprint density at radius 3 is 2.57 bits per heavy atom. The van der Waals surface area contributed by atoms with Crippen LogP contribution >= 0.6 is 0 Å². The maximum Gasteiger partial charge on any atom is 0.161 e. The van der Waals surface area contributed by atoms with Gasteiger partial charge in [0, 0.05) is 12.2 Å². The van der Waals surface area contributed by atoms with Crippen molar-refractivity contribution in [2.45, 2.75) is 65.2 Å². The van der Waals surface area contributed by atoms with Crippen molar-refractivity contribution in [2.24, 2.45) is 5.92 Å². The van der Waals surface area contributed by atoms with Crippen LogP contribution in [0.4, 0.5) is 0 Å². The molecule has 0 saturated heterocycles. The summed E-state index contributed by atoms with van der Waals surface area (Å²) in [5, 5.41) is 30.3. The van der Waals surface area contributed by atoms with Gasteiger partial charge in [0.25, 0.3) is 0 Å². The molecule has 1 aliphatic rings. The highest BCUT2D eigenvalue weighted by atomic mass is 16.3. The van der Waals surface area contributed by atoms with Gasteiger partial charge in [-0.3, -0.25) is 0 Å². The molecule has 0 aliphatic heterocycles. The van der Waals surface area contributed by atoms with Crippen molar-refractivity contribution in [1.29, 1.82) is 0 Å². The van der Waals surface area contributed by atoms with Gasteiger partial charge in [-0.2, -0.15) is 0 Å². The molecule has 3 nitrogen and oxygen atoms in total. The number of aromatic hydroxyl groups is 2. The van der Waals surface area contributed by atoms with E-state index in [1.54, 1.807) is 0 Å². The highest BCUT2D eigenvalue weighted by Gasteiger charge is 2.33. The molecule has 2 unspecified atom stereocenters. The van der Waals surface area contributed by atoms with Crippen LogP contribution in [0.1, 0.15) is 75.0 Å². The number of rotatable bonds is 5. The molecule has 3 N–H and O–H groups in total. The monoisotopic (exact) mass is 318 g/mol. The number of aliphatic hydroxyl groups is 1. The molecule has 3 atom stereocenters. The summed E-state index contributed by atoms with van der Waals surface area (Å²) < 4.78 is 0. The first kappa shape index (κ1) is 17.9. The number of hydrogen-bond donors (Lipinski definition) is 3. The normalized spacial score (nSPS) is 21.6. The maximum atomic E-state index is 10.4. The number of hydrogen-bond acceptors (Lipinski definition) is 3. The molecule has 0 amide bonds. The van der Waals surface area contributed by atoms with Gasteiger partial charge in [0.15, 0.2) is 11.5 Å². The Balaban J connectivity index is 2.35. The number of aryl methyl sites for hydroxylation is 1. The molecular weight excluding hydrogens is 288 g/mol. The molecule has 0 fully saturated rings. The van der Waals surface area contributed by atoms with Gasteiger partial charge in [0.2, 0.25) is 0 Å². The summed E-state index contributed by atoms with van der Waals surface area (Å²) >= 11 is 0. The number of allylic oxidation sites excluding steroid dienone is 2. The van der Waals surface area contributed by atoms with Crippen LogP contribution in [0, 0.1) is 12.8 Å². The third-order valence-electron chi connectivity index (χ3n) is 5.23. The molecule has 0 spiro atoms. The molecule has 2 rings (SSSR count). The predicted octanol–water partition coefficient (Wildman–Crippen LogP) is 4.74. The third-order valence-corrected chi connectivity index (χ3v) is 5.23. The van der Waals surface area contributed by atoms with Crippen LogP contribution in [-0.2, 0) is 0 Å². The molecule has 0 aromatic heterocycles. The highest BCUT2D eigenvalue weighted by Crippen LogP contribution is 2.50. The number of benzene rings is 1. The zero-order chi connectivity index (χ0) is 17.1. The average Bonchev–Trinajstić information content (AvgIpc) is 2.50. The summed E-state index contributed by atoms with van der Waals surface area (Å²) in [5.41, 5.74) is 4.01. The molecule has 128 valence electrons. The summed E-state index contributed by atoms with van der Waals surface area (Å²) in [5.74, 6) is 0.728. The summed E-state index contributed by atoms with van der Waals surface area (Å²) in [7, 11) is 0. The minimum atomic E-state index is 0.00124. The lowest BCUT2D eigenvalue weighted by Crippen LogP contribution is -2.23. The van der Waals surface area contributed by atoms with E-state index < -0.39 is 0 Å². The first-order valence-corrected chi connectivity index (χ1v) is 8.66. The largest absolute Gasteiger partial charge is 0.504 e. The molecule has 0 saturated carbocycles. The Labute approximate surface area is 139 Å². The summed E-state index contributed by atoms with van der Waals surface area (Å²) in [4.78, 5) is 0. The molecule has 1 aliphatic carbocycles. The fourth-order valence-corrected chi connectivity index (χ4v) is 3.88. The highest BCUT2D eigenvalue weighted by molar-refractivity contribution is 5.56. The smallest absolute Gasteiger partial charge is 0.161 e. The molecule has 23 heavy (non-hydrogen) atoms. The van der Waals surface area contributed by atoms with E-state index in [1.165, 1.54) is 5.57 Å². The Morgan fingerprint density at radius 2 is 1.96 bits per heavy atom. The van der Waals surface area contributed by atoms with Crippen LogP contribution < -0.4 is 0 Å². The van der Waals surface area contributed by atoms with E-state index in [-0.39, 0.29) is 35.9 Å². The second kappa shape index (κ2) is 7.39. The second-order valence-electron chi connectivity index (χ2n) is 7.28. The van der Waals surface area contributed by atoms with E-state index >= 15 is 0 Å². The van der Waals surface area contributed by atoms with Gasteiger partial charge in [-0.1, -0.05) is 24.6 Å². The van der Waals surface area contributed by atoms with E-state index in [0.717, 1.165) is 36.8 Å². The minimum Gasteiger partial charge on any atom is -0.504 e. The van der Waals surface area contributed by atoms with Gasteiger partial charge in [0.1, 0.15) is 0 Å². The number of fused-ring (bicyclic) bond motifs is 1. The first-order chi connectivity index (χ1) is 10.9. The second-order valence-corrected chi connectivity index (χ2v) is 7.28. The molecule has 1 aromatic rings. The lowest BCUT2D eigenvalue weighted by molar-refractivity contribution is 0.185. The van der Waals surface area contributed by atoms with E-state index in [9.17, 15) is 15.3 Å². The first-order valence-electron chi connectivity index (χ1n) is 8.66. The third kappa shape index (κ3) is 3.72. The van der Waals surface area contributed by atoms with Gasteiger partial charge in [-0.25, -0.2) is 0 Å². The van der Waals surface area contributed by atoms with E-state index in [1.807, 2.05) is 13.0 Å². The maximum absolute atomic E-state index is 10.4. The van der Waals surface area contributed by atoms with Crippen LogP contribution in [0.5, 0.6) is 11.5 Å². The predicted molar refractivity (Wildman–Crippen MR) is 94.1 cm³/mol. The van der Waals surface area contributed by atoms with E-state index in [2.05, 4.69) is 26.8 Å². The molecular formula is C20H30O3. The van der Waals surface area contributed by atoms with Crippen LogP contribution in [0.2, 0.25) is 0 Å². The van der Waals surface area contributed by atoms with Crippen LogP contribution in [0.25, 0.3) is 0 Å².